The Morgan fingerprint density at radius 1 is 0.244 bits per heavy atom. The fourth-order valence-electron chi connectivity index (χ4n) is 6.04. The van der Waals surface area contributed by atoms with Crippen LogP contribution in [0.4, 0.5) is 0 Å². The van der Waals surface area contributed by atoms with Crippen LogP contribution < -0.4 is 20.4 Å². The molecule has 212 valence electrons. The van der Waals surface area contributed by atoms with Crippen molar-refractivity contribution >= 4 is 67.0 Å². The summed E-state index contributed by atoms with van der Waals surface area (Å²) in [5, 5.41) is 57.1. The SMILES string of the molecule is [O-]c1ccc2ccccc2c1-c1c([O-])ccc2ccccc12.[O-]c1ccc2ccccc2c1-c1c([O-])ccc2ccccc12.[Sn+4]. The molecule has 8 rings (SSSR count). The smallest absolute Gasteiger partial charge is 0.872 e. The van der Waals surface area contributed by atoms with Gasteiger partial charge >= 0.3 is 23.9 Å². The van der Waals surface area contributed by atoms with E-state index < -0.39 is 0 Å². The first-order chi connectivity index (χ1) is 21.5. The summed E-state index contributed by atoms with van der Waals surface area (Å²) in [5.41, 5.74) is 2.00. The van der Waals surface area contributed by atoms with Crippen molar-refractivity contribution < 1.29 is 20.4 Å². The molecule has 0 aliphatic rings. The number of fused-ring (bicyclic) bond motifs is 4. The van der Waals surface area contributed by atoms with Crippen molar-refractivity contribution in [1.29, 1.82) is 0 Å². The van der Waals surface area contributed by atoms with Crippen LogP contribution in [-0.2, 0) is 0 Å². The summed E-state index contributed by atoms with van der Waals surface area (Å²) in [6.45, 7) is 0. The number of rotatable bonds is 2. The predicted molar refractivity (Wildman–Crippen MR) is 177 cm³/mol. The molecule has 0 atom stereocenters. The van der Waals surface area contributed by atoms with Crippen molar-refractivity contribution in [2.24, 2.45) is 0 Å². The van der Waals surface area contributed by atoms with Gasteiger partial charge in [0, 0.05) is 0 Å². The Balaban J connectivity index is 0.000000155. The van der Waals surface area contributed by atoms with Crippen LogP contribution in [0.15, 0.2) is 146 Å². The Labute approximate surface area is 277 Å². The van der Waals surface area contributed by atoms with E-state index in [9.17, 15) is 20.4 Å². The van der Waals surface area contributed by atoms with Crippen LogP contribution in [0.3, 0.4) is 0 Å². The van der Waals surface area contributed by atoms with Gasteiger partial charge in [-0.15, -0.1) is 23.0 Å². The molecule has 8 aromatic carbocycles. The molecule has 0 fully saturated rings. The number of benzene rings is 8. The molecule has 0 aliphatic heterocycles. The quantitative estimate of drug-likeness (QED) is 0.179. The minimum Gasteiger partial charge on any atom is -0.872 e. The molecule has 8 aromatic rings. The van der Waals surface area contributed by atoms with Gasteiger partial charge in [-0.1, -0.05) is 146 Å². The Kier molecular flexibility index (Phi) is 8.24. The van der Waals surface area contributed by atoms with E-state index in [1.54, 1.807) is 48.5 Å². The van der Waals surface area contributed by atoms with Crippen molar-refractivity contribution in [2.45, 2.75) is 0 Å². The fraction of sp³-hybridized carbons (Fsp3) is 0. The van der Waals surface area contributed by atoms with Crippen LogP contribution in [0, 0.1) is 0 Å². The largest absolute Gasteiger partial charge is 4.00 e. The summed E-state index contributed by atoms with van der Waals surface area (Å²) in [6, 6.07) is 44.0. The Bertz CT molecular complexity index is 2010. The summed E-state index contributed by atoms with van der Waals surface area (Å²) in [7, 11) is 0. The Morgan fingerprint density at radius 3 is 0.667 bits per heavy atom. The van der Waals surface area contributed by atoms with Gasteiger partial charge in [0.05, 0.1) is 0 Å². The third-order valence-electron chi connectivity index (χ3n) is 8.06. The molecule has 0 unspecified atom stereocenters. The zero-order chi connectivity index (χ0) is 30.2. The molecule has 0 saturated carbocycles. The van der Waals surface area contributed by atoms with E-state index >= 15 is 0 Å². The van der Waals surface area contributed by atoms with Gasteiger partial charge in [-0.2, -0.15) is 0 Å². The van der Waals surface area contributed by atoms with E-state index in [4.69, 9.17) is 0 Å². The van der Waals surface area contributed by atoms with Gasteiger partial charge in [-0.25, -0.2) is 0 Å². The number of hydrogen-bond acceptors (Lipinski definition) is 4. The van der Waals surface area contributed by atoms with Gasteiger partial charge in [0.25, 0.3) is 0 Å². The van der Waals surface area contributed by atoms with Crippen LogP contribution in [0.5, 0.6) is 23.0 Å². The molecule has 0 bridgehead atoms. The van der Waals surface area contributed by atoms with Crippen LogP contribution >= 0.6 is 0 Å². The molecule has 0 saturated heterocycles. The van der Waals surface area contributed by atoms with Gasteiger partial charge in [0.1, 0.15) is 0 Å². The summed E-state index contributed by atoms with van der Waals surface area (Å²) < 4.78 is 0. The van der Waals surface area contributed by atoms with Crippen molar-refractivity contribution in [1.82, 2.24) is 0 Å². The molecule has 45 heavy (non-hydrogen) atoms. The van der Waals surface area contributed by atoms with Crippen molar-refractivity contribution in [3.05, 3.63) is 146 Å². The van der Waals surface area contributed by atoms with Crippen LogP contribution in [0.25, 0.3) is 65.3 Å². The molecule has 4 nitrogen and oxygen atoms in total. The van der Waals surface area contributed by atoms with Crippen molar-refractivity contribution in [2.75, 3.05) is 0 Å². The summed E-state index contributed by atoms with van der Waals surface area (Å²) in [6.07, 6.45) is 0. The molecule has 0 aromatic heterocycles. The van der Waals surface area contributed by atoms with Gasteiger partial charge in [-0.3, -0.25) is 0 Å². The number of hydrogen-bond donors (Lipinski definition) is 0. The zero-order valence-corrected chi connectivity index (χ0v) is 26.8. The predicted octanol–water partition coefficient (Wildman–Crippen LogP) is 7.23. The average Bonchev–Trinajstić information content (AvgIpc) is 3.06. The fourth-order valence-corrected chi connectivity index (χ4v) is 6.04. The second-order valence-corrected chi connectivity index (χ2v) is 10.6. The van der Waals surface area contributed by atoms with E-state index in [1.807, 2.05) is 97.1 Å². The molecular weight excluding hydrogens is 663 g/mol. The Morgan fingerprint density at radius 2 is 0.444 bits per heavy atom. The first-order valence-corrected chi connectivity index (χ1v) is 14.3. The van der Waals surface area contributed by atoms with E-state index in [0.29, 0.717) is 22.3 Å². The van der Waals surface area contributed by atoms with E-state index in [0.717, 1.165) is 43.1 Å². The summed E-state index contributed by atoms with van der Waals surface area (Å²) >= 11 is 0. The summed E-state index contributed by atoms with van der Waals surface area (Å²) in [5.74, 6) is -0.474. The minimum absolute atomic E-state index is 0. The average molecular weight is 687 g/mol. The zero-order valence-electron chi connectivity index (χ0n) is 24.0. The van der Waals surface area contributed by atoms with Crippen molar-refractivity contribution in [3.8, 4) is 45.3 Å². The minimum atomic E-state index is -0.118. The maximum atomic E-state index is 12.5. The molecule has 0 N–H and O–H groups in total. The maximum Gasteiger partial charge on any atom is 4.00 e. The van der Waals surface area contributed by atoms with Crippen LogP contribution in [-0.4, -0.2) is 23.9 Å². The van der Waals surface area contributed by atoms with Crippen molar-refractivity contribution in [3.63, 3.8) is 0 Å². The standard InChI is InChI=1S/2C20H14O2.Sn/c2*21-17-11-9-13-5-1-3-7-15(13)19(17)20-16-8-4-2-6-14(16)10-12-18(20)22;/h2*1-12,21-22H;/q;;+4/p-4. The van der Waals surface area contributed by atoms with Gasteiger partial charge in [0.2, 0.25) is 0 Å². The molecule has 0 aliphatic carbocycles. The second kappa shape index (κ2) is 12.4. The molecule has 0 radical (unpaired) electrons. The summed E-state index contributed by atoms with van der Waals surface area (Å²) in [4.78, 5) is 0. The molecule has 0 spiro atoms. The third-order valence-corrected chi connectivity index (χ3v) is 8.06. The van der Waals surface area contributed by atoms with Crippen LogP contribution in [0.1, 0.15) is 0 Å². The topological polar surface area (TPSA) is 92.2 Å². The van der Waals surface area contributed by atoms with Crippen LogP contribution in [0.2, 0.25) is 0 Å². The van der Waals surface area contributed by atoms with E-state index in [2.05, 4.69) is 0 Å². The van der Waals surface area contributed by atoms with Gasteiger partial charge in [0.15, 0.2) is 0 Å². The molecule has 0 heterocycles. The van der Waals surface area contributed by atoms with Gasteiger partial charge in [-0.05, 0) is 65.3 Å². The van der Waals surface area contributed by atoms with Gasteiger partial charge < -0.3 is 20.4 Å². The molecule has 5 heteroatoms. The maximum absolute atomic E-state index is 12.5. The molecular formula is C40H24O4Sn. The van der Waals surface area contributed by atoms with E-state index in [-0.39, 0.29) is 46.9 Å². The first kappa shape index (κ1) is 29.9. The normalized spacial score (nSPS) is 10.8. The second-order valence-electron chi connectivity index (χ2n) is 10.6. The van der Waals surface area contributed by atoms with E-state index in [1.165, 1.54) is 0 Å². The third kappa shape index (κ3) is 5.38. The first-order valence-electron chi connectivity index (χ1n) is 14.3. The monoisotopic (exact) mass is 688 g/mol. The Hall–Kier alpha value is -5.20. The molecule has 0 amide bonds.